The lowest BCUT2D eigenvalue weighted by molar-refractivity contribution is -0.182. The standard InChI is InChI=1S/C11H19NO5/c1-6-5-12-9(14)8(16-6)7(13)10(15)17-11(2,3)4/h6-8,13H,5H2,1-4H3,(H,12,14)/t6-,7+,8+/m0/s1. The number of hydrogen-bond donors (Lipinski definition) is 2. The lowest BCUT2D eigenvalue weighted by Gasteiger charge is -2.31. The molecule has 17 heavy (non-hydrogen) atoms. The molecule has 0 radical (unpaired) electrons. The highest BCUT2D eigenvalue weighted by atomic mass is 16.6. The van der Waals surface area contributed by atoms with E-state index < -0.39 is 29.7 Å². The highest BCUT2D eigenvalue weighted by Crippen LogP contribution is 2.14. The molecule has 0 aromatic rings. The van der Waals surface area contributed by atoms with Gasteiger partial charge in [0.15, 0.2) is 12.2 Å². The number of carbonyl (C=O) groups is 2. The van der Waals surface area contributed by atoms with Gasteiger partial charge in [0.1, 0.15) is 5.60 Å². The van der Waals surface area contributed by atoms with Gasteiger partial charge in [0.25, 0.3) is 5.91 Å². The van der Waals surface area contributed by atoms with Gasteiger partial charge in [0.2, 0.25) is 0 Å². The van der Waals surface area contributed by atoms with Gasteiger partial charge < -0.3 is 19.9 Å². The Morgan fingerprint density at radius 3 is 2.71 bits per heavy atom. The molecule has 1 rings (SSSR count). The monoisotopic (exact) mass is 245 g/mol. The minimum Gasteiger partial charge on any atom is -0.458 e. The summed E-state index contributed by atoms with van der Waals surface area (Å²) in [4.78, 5) is 23.0. The minimum atomic E-state index is -1.60. The Morgan fingerprint density at radius 1 is 1.59 bits per heavy atom. The third-order valence-corrected chi connectivity index (χ3v) is 2.14. The van der Waals surface area contributed by atoms with Crippen molar-refractivity contribution in [2.24, 2.45) is 0 Å². The molecule has 0 bridgehead atoms. The van der Waals surface area contributed by atoms with Gasteiger partial charge in [0.05, 0.1) is 6.10 Å². The molecule has 2 N–H and O–H groups in total. The summed E-state index contributed by atoms with van der Waals surface area (Å²) in [5.41, 5.74) is -0.713. The van der Waals surface area contributed by atoms with Crippen molar-refractivity contribution in [3.63, 3.8) is 0 Å². The fourth-order valence-electron chi connectivity index (χ4n) is 1.41. The van der Waals surface area contributed by atoms with Gasteiger partial charge >= 0.3 is 5.97 Å². The molecule has 0 aliphatic carbocycles. The third-order valence-electron chi connectivity index (χ3n) is 2.14. The van der Waals surface area contributed by atoms with Crippen LogP contribution in [0.1, 0.15) is 27.7 Å². The van der Waals surface area contributed by atoms with Crippen LogP contribution in [-0.4, -0.2) is 47.4 Å². The third kappa shape index (κ3) is 3.98. The van der Waals surface area contributed by atoms with Gasteiger partial charge in [-0.1, -0.05) is 0 Å². The van der Waals surface area contributed by atoms with Crippen LogP contribution in [-0.2, 0) is 19.1 Å². The van der Waals surface area contributed by atoms with E-state index in [1.165, 1.54) is 0 Å². The van der Waals surface area contributed by atoms with Crippen LogP contribution in [0, 0.1) is 0 Å². The summed E-state index contributed by atoms with van der Waals surface area (Å²) in [6.45, 7) is 7.16. The van der Waals surface area contributed by atoms with Crippen molar-refractivity contribution in [3.05, 3.63) is 0 Å². The van der Waals surface area contributed by atoms with Crippen molar-refractivity contribution < 1.29 is 24.2 Å². The topological polar surface area (TPSA) is 84.9 Å². The Labute approximate surface area is 100 Å². The quantitative estimate of drug-likeness (QED) is 0.646. The largest absolute Gasteiger partial charge is 0.458 e. The van der Waals surface area contributed by atoms with Crippen LogP contribution in [0.4, 0.5) is 0 Å². The minimum absolute atomic E-state index is 0.241. The number of esters is 1. The summed E-state index contributed by atoms with van der Waals surface area (Å²) >= 11 is 0. The molecule has 0 saturated carbocycles. The van der Waals surface area contributed by atoms with E-state index >= 15 is 0 Å². The fraction of sp³-hybridized carbons (Fsp3) is 0.818. The molecule has 6 nitrogen and oxygen atoms in total. The second-order valence-electron chi connectivity index (χ2n) is 5.09. The number of ether oxygens (including phenoxy) is 2. The molecule has 1 fully saturated rings. The first-order valence-electron chi connectivity index (χ1n) is 5.55. The van der Waals surface area contributed by atoms with Crippen molar-refractivity contribution in [2.45, 2.75) is 51.6 Å². The highest BCUT2D eigenvalue weighted by Gasteiger charge is 2.39. The Morgan fingerprint density at radius 2 is 2.18 bits per heavy atom. The Bertz CT molecular complexity index is 309. The molecule has 3 atom stereocenters. The molecule has 1 aliphatic heterocycles. The van der Waals surface area contributed by atoms with Crippen molar-refractivity contribution in [1.29, 1.82) is 0 Å². The molecule has 1 amide bonds. The molecule has 6 heteroatoms. The zero-order chi connectivity index (χ0) is 13.2. The molecular weight excluding hydrogens is 226 g/mol. The van der Waals surface area contributed by atoms with Crippen LogP contribution in [0.25, 0.3) is 0 Å². The SMILES string of the molecule is C[C@H]1CNC(=O)[C@@H]([C@@H](O)C(=O)OC(C)(C)C)O1. The molecule has 1 saturated heterocycles. The van der Waals surface area contributed by atoms with E-state index in [0.717, 1.165) is 0 Å². The summed E-state index contributed by atoms with van der Waals surface area (Å²) in [6.07, 6.45) is -3.04. The second kappa shape index (κ2) is 5.01. The molecule has 1 aliphatic rings. The van der Waals surface area contributed by atoms with Crippen LogP contribution >= 0.6 is 0 Å². The Hall–Kier alpha value is -1.14. The maximum atomic E-state index is 11.6. The van der Waals surface area contributed by atoms with E-state index in [2.05, 4.69) is 5.32 Å². The molecule has 0 spiro atoms. The highest BCUT2D eigenvalue weighted by molar-refractivity contribution is 5.89. The predicted molar refractivity (Wildman–Crippen MR) is 59.2 cm³/mol. The number of aliphatic hydroxyl groups is 1. The molecule has 98 valence electrons. The van der Waals surface area contributed by atoms with Gasteiger partial charge in [-0.25, -0.2) is 4.79 Å². The van der Waals surface area contributed by atoms with Gasteiger partial charge in [0, 0.05) is 6.54 Å². The number of morpholine rings is 1. The first kappa shape index (κ1) is 13.9. The number of aliphatic hydroxyl groups excluding tert-OH is 1. The average Bonchev–Trinajstić information content (AvgIpc) is 2.18. The molecule has 0 aromatic heterocycles. The lowest BCUT2D eigenvalue weighted by atomic mass is 10.1. The van der Waals surface area contributed by atoms with Crippen LogP contribution in [0.5, 0.6) is 0 Å². The van der Waals surface area contributed by atoms with E-state index in [4.69, 9.17) is 9.47 Å². The number of amides is 1. The Kier molecular flexibility index (Phi) is 4.11. The maximum absolute atomic E-state index is 11.6. The van der Waals surface area contributed by atoms with Crippen LogP contribution in [0.15, 0.2) is 0 Å². The van der Waals surface area contributed by atoms with Crippen molar-refractivity contribution in [2.75, 3.05) is 6.54 Å². The van der Waals surface area contributed by atoms with Crippen molar-refractivity contribution >= 4 is 11.9 Å². The second-order valence-corrected chi connectivity index (χ2v) is 5.09. The number of hydrogen-bond acceptors (Lipinski definition) is 5. The number of nitrogens with one attached hydrogen (secondary N) is 1. The summed E-state index contributed by atoms with van der Waals surface area (Å²) in [5, 5.41) is 12.3. The van der Waals surface area contributed by atoms with E-state index in [1.54, 1.807) is 27.7 Å². The molecule has 0 unspecified atom stereocenters. The number of carbonyl (C=O) groups excluding carboxylic acids is 2. The summed E-state index contributed by atoms with van der Waals surface area (Å²) < 4.78 is 10.2. The van der Waals surface area contributed by atoms with Gasteiger partial charge in [-0.05, 0) is 27.7 Å². The normalized spacial score (nSPS) is 27.2. The van der Waals surface area contributed by atoms with Crippen molar-refractivity contribution in [3.8, 4) is 0 Å². The first-order chi connectivity index (χ1) is 7.70. The van der Waals surface area contributed by atoms with Crippen LogP contribution < -0.4 is 5.32 Å². The van der Waals surface area contributed by atoms with Crippen molar-refractivity contribution in [1.82, 2.24) is 5.32 Å². The summed E-state index contributed by atoms with van der Waals surface area (Å²) in [7, 11) is 0. The summed E-state index contributed by atoms with van der Waals surface area (Å²) in [5.74, 6) is -1.35. The predicted octanol–water partition coefficient (Wildman–Crippen LogP) is -0.408. The molecular formula is C11H19NO5. The average molecular weight is 245 g/mol. The van der Waals surface area contributed by atoms with Crippen LogP contribution in [0.2, 0.25) is 0 Å². The number of rotatable bonds is 2. The van der Waals surface area contributed by atoms with E-state index in [9.17, 15) is 14.7 Å². The van der Waals surface area contributed by atoms with E-state index in [1.807, 2.05) is 0 Å². The van der Waals surface area contributed by atoms with Gasteiger partial charge in [-0.15, -0.1) is 0 Å². The smallest absolute Gasteiger partial charge is 0.338 e. The van der Waals surface area contributed by atoms with E-state index in [0.29, 0.717) is 6.54 Å². The zero-order valence-corrected chi connectivity index (χ0v) is 10.5. The van der Waals surface area contributed by atoms with Gasteiger partial charge in [-0.2, -0.15) is 0 Å². The first-order valence-corrected chi connectivity index (χ1v) is 5.55. The van der Waals surface area contributed by atoms with Crippen LogP contribution in [0.3, 0.4) is 0 Å². The molecule has 1 heterocycles. The maximum Gasteiger partial charge on any atom is 0.338 e. The fourth-order valence-corrected chi connectivity index (χ4v) is 1.41. The van der Waals surface area contributed by atoms with Gasteiger partial charge in [-0.3, -0.25) is 4.79 Å². The molecule has 0 aromatic carbocycles. The zero-order valence-electron chi connectivity index (χ0n) is 10.5. The summed E-state index contributed by atoms with van der Waals surface area (Å²) in [6, 6.07) is 0. The Balaban J connectivity index is 2.64. The lowest BCUT2D eigenvalue weighted by Crippen LogP contribution is -2.55. The van der Waals surface area contributed by atoms with E-state index in [-0.39, 0.29) is 6.10 Å².